The van der Waals surface area contributed by atoms with Crippen LogP contribution in [0.5, 0.6) is 0 Å². The molecule has 2 saturated heterocycles. The summed E-state index contributed by atoms with van der Waals surface area (Å²) in [5, 5.41) is 0.104. The zero-order valence-corrected chi connectivity index (χ0v) is 10.9. The third kappa shape index (κ3) is 1.70. The average Bonchev–Trinajstić information content (AvgIpc) is 2.87. The number of hydrogen-bond donors (Lipinski definition) is 0. The van der Waals surface area contributed by atoms with Crippen LogP contribution < -0.4 is 0 Å². The van der Waals surface area contributed by atoms with Crippen molar-refractivity contribution in [2.24, 2.45) is 0 Å². The second-order valence-corrected chi connectivity index (χ2v) is 5.90. The minimum atomic E-state index is -0.249. The van der Waals surface area contributed by atoms with Crippen LogP contribution in [0.3, 0.4) is 0 Å². The number of benzene rings is 1. The molecule has 2 heterocycles. The number of thioether (sulfide) groups is 1. The second-order valence-electron chi connectivity index (χ2n) is 4.55. The zero-order valence-electron chi connectivity index (χ0n) is 10.1. The predicted molar refractivity (Wildman–Crippen MR) is 69.9 cm³/mol. The normalized spacial score (nSPS) is 26.9. The van der Waals surface area contributed by atoms with Crippen LogP contribution in [0, 0.1) is 0 Å². The maximum atomic E-state index is 12.2. The topological polar surface area (TPSA) is 40.6 Å². The molecular formula is C13H14N2O2S. The number of carbonyl (C=O) groups excluding carboxylic acids is 2. The van der Waals surface area contributed by atoms with E-state index in [1.165, 1.54) is 4.90 Å². The summed E-state index contributed by atoms with van der Waals surface area (Å²) in [6.45, 7) is 2.35. The van der Waals surface area contributed by atoms with Gasteiger partial charge in [-0.2, -0.15) is 0 Å². The molecule has 94 valence electrons. The molecule has 1 aromatic carbocycles. The van der Waals surface area contributed by atoms with Gasteiger partial charge in [-0.1, -0.05) is 30.3 Å². The molecule has 2 atom stereocenters. The Morgan fingerprint density at radius 2 is 2.00 bits per heavy atom. The highest BCUT2D eigenvalue weighted by atomic mass is 32.2. The third-order valence-electron chi connectivity index (χ3n) is 3.41. The second kappa shape index (κ2) is 4.31. The van der Waals surface area contributed by atoms with E-state index in [0.717, 1.165) is 11.3 Å². The van der Waals surface area contributed by atoms with E-state index in [1.807, 2.05) is 37.3 Å². The van der Waals surface area contributed by atoms with Crippen molar-refractivity contribution in [3.8, 4) is 0 Å². The fourth-order valence-electron chi connectivity index (χ4n) is 2.45. The molecule has 0 aromatic heterocycles. The molecule has 3 rings (SSSR count). The molecule has 0 bridgehead atoms. The van der Waals surface area contributed by atoms with Gasteiger partial charge in [-0.15, -0.1) is 11.8 Å². The van der Waals surface area contributed by atoms with E-state index in [1.54, 1.807) is 16.7 Å². The van der Waals surface area contributed by atoms with Crippen LogP contribution in [0.2, 0.25) is 0 Å². The summed E-state index contributed by atoms with van der Waals surface area (Å²) in [4.78, 5) is 27.5. The first-order chi connectivity index (χ1) is 8.68. The Morgan fingerprint density at radius 1 is 1.28 bits per heavy atom. The first-order valence-electron chi connectivity index (χ1n) is 5.97. The van der Waals surface area contributed by atoms with Crippen molar-refractivity contribution in [1.82, 2.24) is 9.80 Å². The summed E-state index contributed by atoms with van der Waals surface area (Å²) in [6.07, 6.45) is 0. The molecule has 3 amide bonds. The number of carbonyl (C=O) groups is 2. The number of urea groups is 1. The fraction of sp³-hybridized carbons (Fsp3) is 0.385. The van der Waals surface area contributed by atoms with Crippen LogP contribution in [0.25, 0.3) is 0 Å². The maximum Gasteiger partial charge on any atom is 0.328 e. The maximum absolute atomic E-state index is 12.2. The highest BCUT2D eigenvalue weighted by molar-refractivity contribution is 8.00. The van der Waals surface area contributed by atoms with E-state index >= 15 is 0 Å². The Balaban J connectivity index is 1.82. The van der Waals surface area contributed by atoms with Gasteiger partial charge in [0.15, 0.2) is 0 Å². The van der Waals surface area contributed by atoms with Gasteiger partial charge >= 0.3 is 6.03 Å². The largest absolute Gasteiger partial charge is 0.328 e. The standard InChI is InChI=1S/C13H14N2O2S/c1-9-15-11(8-18-9)12(16)14(13(15)17)7-10-5-3-2-4-6-10/h2-6,9,11H,7-8H2,1H3/t9?,11-/m0/s1. The van der Waals surface area contributed by atoms with Crippen molar-refractivity contribution in [2.45, 2.75) is 24.9 Å². The van der Waals surface area contributed by atoms with Gasteiger partial charge in [0.05, 0.1) is 11.9 Å². The Labute approximate surface area is 110 Å². The molecule has 0 radical (unpaired) electrons. The van der Waals surface area contributed by atoms with Crippen molar-refractivity contribution < 1.29 is 9.59 Å². The van der Waals surface area contributed by atoms with E-state index in [4.69, 9.17) is 0 Å². The summed E-state index contributed by atoms with van der Waals surface area (Å²) in [5.41, 5.74) is 0.987. The lowest BCUT2D eigenvalue weighted by Gasteiger charge is -2.19. The summed E-state index contributed by atoms with van der Waals surface area (Å²) < 4.78 is 0. The van der Waals surface area contributed by atoms with Crippen molar-refractivity contribution >= 4 is 23.7 Å². The summed E-state index contributed by atoms with van der Waals surface area (Å²) >= 11 is 1.66. The Kier molecular flexibility index (Phi) is 2.78. The van der Waals surface area contributed by atoms with Crippen LogP contribution in [0.15, 0.2) is 30.3 Å². The van der Waals surface area contributed by atoms with Crippen LogP contribution in [0.1, 0.15) is 12.5 Å². The van der Waals surface area contributed by atoms with Crippen LogP contribution in [0.4, 0.5) is 4.79 Å². The molecule has 0 aliphatic carbocycles. The first kappa shape index (κ1) is 11.6. The minimum Gasteiger partial charge on any atom is -0.300 e. The van der Waals surface area contributed by atoms with Crippen LogP contribution >= 0.6 is 11.8 Å². The highest BCUT2D eigenvalue weighted by Crippen LogP contribution is 2.35. The first-order valence-corrected chi connectivity index (χ1v) is 7.02. The molecule has 0 saturated carbocycles. The number of hydrogen-bond acceptors (Lipinski definition) is 3. The van der Waals surface area contributed by atoms with Gasteiger partial charge in [0, 0.05) is 5.75 Å². The molecule has 0 spiro atoms. The Bertz CT molecular complexity index is 491. The zero-order chi connectivity index (χ0) is 12.7. The van der Waals surface area contributed by atoms with Crippen molar-refractivity contribution in [3.63, 3.8) is 0 Å². The molecule has 1 aromatic rings. The van der Waals surface area contributed by atoms with Gasteiger partial charge in [-0.25, -0.2) is 4.79 Å². The number of nitrogens with zero attached hydrogens (tertiary/aromatic N) is 2. The van der Waals surface area contributed by atoms with E-state index in [0.29, 0.717) is 6.54 Å². The quantitative estimate of drug-likeness (QED) is 0.764. The van der Waals surface area contributed by atoms with Crippen molar-refractivity contribution in [2.75, 3.05) is 5.75 Å². The number of fused-ring (bicyclic) bond motifs is 1. The average molecular weight is 262 g/mol. The summed E-state index contributed by atoms with van der Waals surface area (Å²) in [7, 11) is 0. The van der Waals surface area contributed by atoms with Crippen molar-refractivity contribution in [3.05, 3.63) is 35.9 Å². The number of imide groups is 1. The molecule has 2 aliphatic rings. The smallest absolute Gasteiger partial charge is 0.300 e. The van der Waals surface area contributed by atoms with E-state index < -0.39 is 0 Å². The monoisotopic (exact) mass is 262 g/mol. The van der Waals surface area contributed by atoms with Gasteiger partial charge in [0.25, 0.3) is 5.91 Å². The Hall–Kier alpha value is -1.49. The van der Waals surface area contributed by atoms with Crippen LogP contribution in [-0.2, 0) is 11.3 Å². The molecule has 2 fully saturated rings. The van der Waals surface area contributed by atoms with Crippen LogP contribution in [-0.4, -0.2) is 38.9 Å². The lowest BCUT2D eigenvalue weighted by Crippen LogP contribution is -2.35. The lowest BCUT2D eigenvalue weighted by atomic mass is 10.2. The molecular weight excluding hydrogens is 248 g/mol. The molecule has 0 N–H and O–H groups in total. The highest BCUT2D eigenvalue weighted by Gasteiger charge is 2.50. The predicted octanol–water partition coefficient (Wildman–Crippen LogP) is 1.91. The number of rotatable bonds is 2. The fourth-order valence-corrected chi connectivity index (χ4v) is 3.61. The summed E-state index contributed by atoms with van der Waals surface area (Å²) in [6, 6.07) is 9.23. The molecule has 5 heteroatoms. The minimum absolute atomic E-state index is 0.0549. The van der Waals surface area contributed by atoms with Gasteiger partial charge in [0.2, 0.25) is 0 Å². The van der Waals surface area contributed by atoms with E-state index in [-0.39, 0.29) is 23.4 Å². The number of amides is 3. The van der Waals surface area contributed by atoms with Gasteiger partial charge in [-0.3, -0.25) is 14.6 Å². The van der Waals surface area contributed by atoms with Crippen molar-refractivity contribution in [1.29, 1.82) is 0 Å². The third-order valence-corrected chi connectivity index (χ3v) is 4.63. The van der Waals surface area contributed by atoms with E-state index in [9.17, 15) is 9.59 Å². The molecule has 4 nitrogen and oxygen atoms in total. The molecule has 2 aliphatic heterocycles. The summed E-state index contributed by atoms with van der Waals surface area (Å²) in [5.74, 6) is 0.664. The van der Waals surface area contributed by atoms with E-state index in [2.05, 4.69) is 0 Å². The SMILES string of the molecule is CC1SC[C@H]2C(=O)N(Cc3ccccc3)C(=O)N12. The van der Waals surface area contributed by atoms with Gasteiger partial charge < -0.3 is 0 Å². The van der Waals surface area contributed by atoms with Gasteiger partial charge in [0.1, 0.15) is 6.04 Å². The molecule has 1 unspecified atom stereocenters. The Morgan fingerprint density at radius 3 is 2.67 bits per heavy atom. The van der Waals surface area contributed by atoms with Gasteiger partial charge in [-0.05, 0) is 12.5 Å². The lowest BCUT2D eigenvalue weighted by molar-refractivity contribution is -0.128. The molecule has 18 heavy (non-hydrogen) atoms.